The van der Waals surface area contributed by atoms with Gasteiger partial charge in [-0.15, -0.1) is 0 Å². The predicted molar refractivity (Wildman–Crippen MR) is 142 cm³/mol. The number of fused-ring (bicyclic) bond motifs is 2. The molecule has 0 aliphatic carbocycles. The van der Waals surface area contributed by atoms with Crippen LogP contribution >= 0.6 is 0 Å². The number of hydrogen-bond acceptors (Lipinski definition) is 7. The average Bonchev–Trinajstić information content (AvgIpc) is 3.23. The molecule has 0 aliphatic rings. The summed E-state index contributed by atoms with van der Waals surface area (Å²) in [5.41, 5.74) is 10.2. The van der Waals surface area contributed by atoms with E-state index < -0.39 is 0 Å². The maximum absolute atomic E-state index is 13.9. The SMILES string of the molecule is Cc1ccccc1-n1c(Cn2nc(C#CCCCC#N)c3c(N)ncnc32)nc2cccc(C)c2c1=O. The number of nitrogens with two attached hydrogens (primary N) is 1. The van der Waals surface area contributed by atoms with Crippen LogP contribution in [0.2, 0.25) is 0 Å². The number of unbranched alkanes of at least 4 members (excludes halogenated alkanes) is 2. The molecule has 0 spiro atoms. The van der Waals surface area contributed by atoms with E-state index in [9.17, 15) is 4.79 Å². The highest BCUT2D eigenvalue weighted by Gasteiger charge is 2.19. The molecule has 9 nitrogen and oxygen atoms in total. The van der Waals surface area contributed by atoms with Gasteiger partial charge in [0.2, 0.25) is 0 Å². The predicted octanol–water partition coefficient (Wildman–Crippen LogP) is 3.82. The topological polar surface area (TPSA) is 128 Å². The summed E-state index contributed by atoms with van der Waals surface area (Å²) in [6.07, 6.45) is 3.06. The van der Waals surface area contributed by atoms with Crippen LogP contribution in [0.5, 0.6) is 0 Å². The van der Waals surface area contributed by atoms with Crippen molar-refractivity contribution >= 4 is 27.8 Å². The lowest BCUT2D eigenvalue weighted by Crippen LogP contribution is -2.26. The van der Waals surface area contributed by atoms with Gasteiger partial charge >= 0.3 is 0 Å². The van der Waals surface area contributed by atoms with Crippen LogP contribution in [0.15, 0.2) is 53.6 Å². The van der Waals surface area contributed by atoms with E-state index in [2.05, 4.69) is 33.0 Å². The Bertz CT molecular complexity index is 1810. The van der Waals surface area contributed by atoms with Crippen molar-refractivity contribution < 1.29 is 0 Å². The highest BCUT2D eigenvalue weighted by atomic mass is 16.1. The quantitative estimate of drug-likeness (QED) is 0.294. The normalized spacial score (nSPS) is 10.8. The molecule has 9 heteroatoms. The third kappa shape index (κ3) is 4.39. The zero-order valence-electron chi connectivity index (χ0n) is 20.6. The number of benzene rings is 2. The van der Waals surface area contributed by atoms with Gasteiger partial charge in [0, 0.05) is 12.8 Å². The van der Waals surface area contributed by atoms with Crippen LogP contribution in [0, 0.1) is 37.0 Å². The van der Waals surface area contributed by atoms with Crippen LogP contribution in [0.1, 0.15) is 41.9 Å². The third-order valence-corrected chi connectivity index (χ3v) is 6.18. The Morgan fingerprint density at radius 3 is 2.62 bits per heavy atom. The Morgan fingerprint density at radius 2 is 1.81 bits per heavy atom. The molecule has 0 fully saturated rings. The van der Waals surface area contributed by atoms with Gasteiger partial charge in [0.15, 0.2) is 5.65 Å². The van der Waals surface area contributed by atoms with Gasteiger partial charge in [-0.05, 0) is 49.4 Å². The highest BCUT2D eigenvalue weighted by Crippen LogP contribution is 2.23. The zero-order chi connectivity index (χ0) is 25.9. The maximum atomic E-state index is 13.9. The molecular weight excluding hydrogens is 464 g/mol. The van der Waals surface area contributed by atoms with Crippen LogP contribution in [0.25, 0.3) is 27.6 Å². The summed E-state index contributed by atoms with van der Waals surface area (Å²) in [5, 5.41) is 14.6. The van der Waals surface area contributed by atoms with Crippen molar-refractivity contribution in [1.29, 1.82) is 5.26 Å². The maximum Gasteiger partial charge on any atom is 0.266 e. The summed E-state index contributed by atoms with van der Waals surface area (Å²) in [5.74, 6) is 6.90. The zero-order valence-corrected chi connectivity index (χ0v) is 20.6. The Hall–Kier alpha value is -5.02. The molecule has 2 aromatic carbocycles. The summed E-state index contributed by atoms with van der Waals surface area (Å²) in [4.78, 5) is 27.3. The van der Waals surface area contributed by atoms with Crippen LogP contribution in [-0.2, 0) is 6.54 Å². The number of anilines is 1. The fraction of sp³-hybridized carbons (Fsp3) is 0.214. The van der Waals surface area contributed by atoms with E-state index in [1.54, 1.807) is 9.25 Å². The molecule has 2 N–H and O–H groups in total. The average molecular weight is 489 g/mol. The Morgan fingerprint density at radius 1 is 1.00 bits per heavy atom. The van der Waals surface area contributed by atoms with Gasteiger partial charge in [-0.2, -0.15) is 10.4 Å². The smallest absolute Gasteiger partial charge is 0.266 e. The summed E-state index contributed by atoms with van der Waals surface area (Å²) >= 11 is 0. The second-order valence-corrected chi connectivity index (χ2v) is 8.70. The summed E-state index contributed by atoms with van der Waals surface area (Å²) in [7, 11) is 0. The molecule has 0 unspecified atom stereocenters. The monoisotopic (exact) mass is 488 g/mol. The molecule has 0 atom stereocenters. The largest absolute Gasteiger partial charge is 0.383 e. The first-order valence-electron chi connectivity index (χ1n) is 11.9. The van der Waals surface area contributed by atoms with Crippen molar-refractivity contribution in [3.8, 4) is 23.6 Å². The molecule has 0 saturated heterocycles. The molecular formula is C28H24N8O. The number of aromatic nitrogens is 6. The van der Waals surface area contributed by atoms with Gasteiger partial charge in [0.25, 0.3) is 5.56 Å². The van der Waals surface area contributed by atoms with E-state index in [1.807, 2.05) is 56.3 Å². The molecule has 0 aliphatic heterocycles. The highest BCUT2D eigenvalue weighted by molar-refractivity contribution is 5.90. The second-order valence-electron chi connectivity index (χ2n) is 8.70. The number of hydrogen-bond donors (Lipinski definition) is 1. The standard InChI is InChI=1S/C28H24N8O/c1-18-10-6-7-14-22(18)36-23(33-20-13-9-11-19(2)24(20)28(36)37)16-35-27-25(26(30)31-17-32-27)21(34-35)12-5-3-4-8-15-29/h6-7,9-11,13-14,17H,3-4,8,16H2,1-2H3,(H2,30,31,32). The lowest BCUT2D eigenvalue weighted by molar-refractivity contribution is 0.647. The van der Waals surface area contributed by atoms with Crippen LogP contribution in [0.4, 0.5) is 5.82 Å². The molecule has 0 bridgehead atoms. The molecule has 0 amide bonds. The number of nitrogen functional groups attached to an aromatic ring is 1. The van der Waals surface area contributed by atoms with E-state index in [-0.39, 0.29) is 17.9 Å². The molecule has 5 rings (SSSR count). The van der Waals surface area contributed by atoms with E-state index in [1.165, 1.54) is 6.33 Å². The fourth-order valence-corrected chi connectivity index (χ4v) is 4.37. The van der Waals surface area contributed by atoms with Gasteiger partial charge in [0.1, 0.15) is 30.2 Å². The molecule has 37 heavy (non-hydrogen) atoms. The number of nitriles is 1. The van der Waals surface area contributed by atoms with Crippen molar-refractivity contribution in [2.45, 2.75) is 39.7 Å². The van der Waals surface area contributed by atoms with E-state index in [0.29, 0.717) is 52.7 Å². The first kappa shape index (κ1) is 23.7. The minimum absolute atomic E-state index is 0.143. The van der Waals surface area contributed by atoms with Crippen molar-refractivity contribution in [3.63, 3.8) is 0 Å². The van der Waals surface area contributed by atoms with Gasteiger partial charge in [-0.25, -0.2) is 19.6 Å². The minimum atomic E-state index is -0.143. The van der Waals surface area contributed by atoms with Gasteiger partial charge in [0.05, 0.1) is 28.0 Å². The summed E-state index contributed by atoms with van der Waals surface area (Å²) in [6.45, 7) is 4.04. The lowest BCUT2D eigenvalue weighted by Gasteiger charge is -2.16. The Kier molecular flexibility index (Phi) is 6.36. The molecule has 3 aromatic heterocycles. The van der Waals surface area contributed by atoms with E-state index >= 15 is 0 Å². The summed E-state index contributed by atoms with van der Waals surface area (Å²) in [6, 6.07) is 15.5. The van der Waals surface area contributed by atoms with Gasteiger partial charge < -0.3 is 5.73 Å². The number of rotatable bonds is 5. The van der Waals surface area contributed by atoms with E-state index in [4.69, 9.17) is 16.0 Å². The van der Waals surface area contributed by atoms with Crippen LogP contribution in [0.3, 0.4) is 0 Å². The van der Waals surface area contributed by atoms with Crippen molar-refractivity contribution in [2.24, 2.45) is 0 Å². The number of aryl methyl sites for hydroxylation is 2. The number of nitrogens with zero attached hydrogens (tertiary/aromatic N) is 7. The third-order valence-electron chi connectivity index (χ3n) is 6.18. The van der Waals surface area contributed by atoms with Crippen molar-refractivity contribution in [1.82, 2.24) is 29.3 Å². The van der Waals surface area contributed by atoms with Crippen molar-refractivity contribution in [2.75, 3.05) is 5.73 Å². The Balaban J connectivity index is 1.70. The molecule has 0 radical (unpaired) electrons. The molecule has 0 saturated carbocycles. The molecule has 182 valence electrons. The fourth-order valence-electron chi connectivity index (χ4n) is 4.37. The summed E-state index contributed by atoms with van der Waals surface area (Å²) < 4.78 is 3.31. The van der Waals surface area contributed by atoms with Crippen molar-refractivity contribution in [3.05, 3.63) is 81.8 Å². The lowest BCUT2D eigenvalue weighted by atomic mass is 10.1. The minimum Gasteiger partial charge on any atom is -0.383 e. The molecule has 5 aromatic rings. The van der Waals surface area contributed by atoms with Gasteiger partial charge in [-0.1, -0.05) is 36.3 Å². The second kappa shape index (κ2) is 9.92. The number of para-hydroxylation sites is 1. The van der Waals surface area contributed by atoms with Gasteiger partial charge in [-0.3, -0.25) is 9.36 Å². The Labute approximate surface area is 213 Å². The first-order chi connectivity index (χ1) is 18.0. The van der Waals surface area contributed by atoms with Crippen LogP contribution < -0.4 is 11.3 Å². The van der Waals surface area contributed by atoms with Crippen LogP contribution in [-0.4, -0.2) is 29.3 Å². The molecule has 3 heterocycles. The first-order valence-corrected chi connectivity index (χ1v) is 11.9. The van der Waals surface area contributed by atoms with E-state index in [0.717, 1.165) is 16.8 Å².